The first-order valence-corrected chi connectivity index (χ1v) is 7.10. The molecule has 2 rings (SSSR count). The highest BCUT2D eigenvalue weighted by Gasteiger charge is 2.28. The van der Waals surface area contributed by atoms with Gasteiger partial charge in [-0.2, -0.15) is 0 Å². The SMILES string of the molecule is CC1CC[NH+](CC2CCCCC2)C(C)C1. The standard InChI is InChI=1S/C14H27N/c1-12-8-9-15(13(2)10-12)11-14-6-4-3-5-7-14/h12-14H,3-11H2,1-2H3/p+1. The van der Waals surface area contributed by atoms with Crippen LogP contribution in [0.25, 0.3) is 0 Å². The molecule has 2 aliphatic rings. The minimum Gasteiger partial charge on any atom is -0.332 e. The van der Waals surface area contributed by atoms with Crippen molar-refractivity contribution in [2.75, 3.05) is 13.1 Å². The quantitative estimate of drug-likeness (QED) is 0.713. The molecule has 3 unspecified atom stereocenters. The summed E-state index contributed by atoms with van der Waals surface area (Å²) in [5.41, 5.74) is 0. The summed E-state index contributed by atoms with van der Waals surface area (Å²) in [6.07, 6.45) is 10.5. The van der Waals surface area contributed by atoms with Gasteiger partial charge in [0.2, 0.25) is 0 Å². The van der Waals surface area contributed by atoms with E-state index in [0.29, 0.717) is 0 Å². The average Bonchev–Trinajstić information content (AvgIpc) is 2.24. The fourth-order valence-electron chi connectivity index (χ4n) is 3.63. The lowest BCUT2D eigenvalue weighted by Crippen LogP contribution is -3.17. The first-order valence-electron chi connectivity index (χ1n) is 7.10. The zero-order valence-electron chi connectivity index (χ0n) is 10.6. The molecule has 0 aromatic carbocycles. The molecule has 0 bridgehead atoms. The van der Waals surface area contributed by atoms with E-state index in [1.165, 1.54) is 58.0 Å². The van der Waals surface area contributed by atoms with Gasteiger partial charge in [-0.3, -0.25) is 0 Å². The van der Waals surface area contributed by atoms with Crippen LogP contribution in [0.3, 0.4) is 0 Å². The van der Waals surface area contributed by atoms with Crippen LogP contribution in [0, 0.1) is 11.8 Å². The summed E-state index contributed by atoms with van der Waals surface area (Å²) in [6, 6.07) is 0.927. The monoisotopic (exact) mass is 210 g/mol. The third-order valence-corrected chi connectivity index (χ3v) is 4.69. The van der Waals surface area contributed by atoms with Crippen molar-refractivity contribution in [3.63, 3.8) is 0 Å². The summed E-state index contributed by atoms with van der Waals surface area (Å²) in [7, 11) is 0. The summed E-state index contributed by atoms with van der Waals surface area (Å²) in [6.45, 7) is 7.81. The molecular weight excluding hydrogens is 182 g/mol. The van der Waals surface area contributed by atoms with Gasteiger partial charge in [-0.05, 0) is 32.1 Å². The van der Waals surface area contributed by atoms with Gasteiger partial charge in [-0.25, -0.2) is 0 Å². The molecule has 1 N–H and O–H groups in total. The van der Waals surface area contributed by atoms with Gasteiger partial charge in [0.15, 0.2) is 0 Å². The Bertz CT molecular complexity index is 184. The van der Waals surface area contributed by atoms with E-state index in [4.69, 9.17) is 0 Å². The van der Waals surface area contributed by atoms with E-state index in [2.05, 4.69) is 13.8 Å². The van der Waals surface area contributed by atoms with E-state index in [9.17, 15) is 0 Å². The Morgan fingerprint density at radius 2 is 1.73 bits per heavy atom. The summed E-state index contributed by atoms with van der Waals surface area (Å²) < 4.78 is 0. The second-order valence-electron chi connectivity index (χ2n) is 6.15. The Morgan fingerprint density at radius 3 is 2.40 bits per heavy atom. The summed E-state index contributed by atoms with van der Waals surface area (Å²) in [4.78, 5) is 1.92. The molecule has 0 aromatic rings. The highest BCUT2D eigenvalue weighted by molar-refractivity contribution is 4.67. The van der Waals surface area contributed by atoms with Crippen LogP contribution >= 0.6 is 0 Å². The summed E-state index contributed by atoms with van der Waals surface area (Å²) in [5.74, 6) is 2.04. The zero-order chi connectivity index (χ0) is 10.7. The maximum Gasteiger partial charge on any atom is 0.0848 e. The molecule has 1 heterocycles. The minimum absolute atomic E-state index is 0.927. The van der Waals surface area contributed by atoms with E-state index < -0.39 is 0 Å². The van der Waals surface area contributed by atoms with Crippen molar-refractivity contribution < 1.29 is 4.90 Å². The molecule has 1 aliphatic carbocycles. The second kappa shape index (κ2) is 5.34. The lowest BCUT2D eigenvalue weighted by atomic mass is 9.87. The number of likely N-dealkylation sites (tertiary alicyclic amines) is 1. The topological polar surface area (TPSA) is 4.44 Å². The molecule has 1 nitrogen and oxygen atoms in total. The smallest absolute Gasteiger partial charge is 0.0848 e. The van der Waals surface area contributed by atoms with Crippen molar-refractivity contribution >= 4 is 0 Å². The van der Waals surface area contributed by atoms with E-state index in [-0.39, 0.29) is 0 Å². The third-order valence-electron chi connectivity index (χ3n) is 4.69. The molecule has 15 heavy (non-hydrogen) atoms. The number of hydrogen-bond donors (Lipinski definition) is 1. The van der Waals surface area contributed by atoms with E-state index >= 15 is 0 Å². The number of piperidine rings is 1. The molecule has 1 heteroatoms. The first-order chi connectivity index (χ1) is 7.25. The van der Waals surface area contributed by atoms with Crippen LogP contribution in [0.5, 0.6) is 0 Å². The molecule has 3 atom stereocenters. The summed E-state index contributed by atoms with van der Waals surface area (Å²) in [5, 5.41) is 0. The fourth-order valence-corrected chi connectivity index (χ4v) is 3.63. The van der Waals surface area contributed by atoms with Crippen molar-refractivity contribution in [2.24, 2.45) is 11.8 Å². The zero-order valence-corrected chi connectivity index (χ0v) is 10.6. The third kappa shape index (κ3) is 3.21. The Morgan fingerprint density at radius 1 is 1.00 bits per heavy atom. The van der Waals surface area contributed by atoms with Crippen LogP contribution in [0.4, 0.5) is 0 Å². The minimum atomic E-state index is 0.927. The highest BCUT2D eigenvalue weighted by atomic mass is 15.2. The van der Waals surface area contributed by atoms with Gasteiger partial charge in [0.25, 0.3) is 0 Å². The maximum absolute atomic E-state index is 2.47. The van der Waals surface area contributed by atoms with Gasteiger partial charge in [-0.15, -0.1) is 0 Å². The average molecular weight is 210 g/mol. The second-order valence-corrected chi connectivity index (χ2v) is 6.15. The molecule has 1 aliphatic heterocycles. The van der Waals surface area contributed by atoms with Crippen LogP contribution in [0.2, 0.25) is 0 Å². The molecule has 1 saturated carbocycles. The highest BCUT2D eigenvalue weighted by Crippen LogP contribution is 2.22. The molecular formula is C14H28N+. The van der Waals surface area contributed by atoms with E-state index in [1.807, 2.05) is 4.90 Å². The molecule has 0 radical (unpaired) electrons. The van der Waals surface area contributed by atoms with Gasteiger partial charge >= 0.3 is 0 Å². The van der Waals surface area contributed by atoms with Gasteiger partial charge in [0.1, 0.15) is 0 Å². The van der Waals surface area contributed by atoms with Crippen LogP contribution < -0.4 is 4.90 Å². The van der Waals surface area contributed by atoms with Gasteiger partial charge in [0, 0.05) is 12.3 Å². The van der Waals surface area contributed by atoms with Crippen molar-refractivity contribution in [1.82, 2.24) is 0 Å². The lowest BCUT2D eigenvalue weighted by molar-refractivity contribution is -0.933. The van der Waals surface area contributed by atoms with Crippen LogP contribution in [0.15, 0.2) is 0 Å². The van der Waals surface area contributed by atoms with Crippen LogP contribution in [0.1, 0.15) is 58.8 Å². The normalized spacial score (nSPS) is 39.2. The van der Waals surface area contributed by atoms with E-state index in [0.717, 1.165) is 17.9 Å². The Labute approximate surface area is 95.2 Å². The molecule has 0 spiro atoms. The molecule has 2 fully saturated rings. The van der Waals surface area contributed by atoms with Crippen LogP contribution in [-0.2, 0) is 0 Å². The predicted molar refractivity (Wildman–Crippen MR) is 65.1 cm³/mol. The Balaban J connectivity index is 1.77. The number of rotatable bonds is 2. The maximum atomic E-state index is 2.47. The number of nitrogens with one attached hydrogen (secondary N) is 1. The van der Waals surface area contributed by atoms with Crippen molar-refractivity contribution in [3.8, 4) is 0 Å². The fraction of sp³-hybridized carbons (Fsp3) is 1.00. The summed E-state index contributed by atoms with van der Waals surface area (Å²) >= 11 is 0. The van der Waals surface area contributed by atoms with Crippen molar-refractivity contribution in [2.45, 2.75) is 64.8 Å². The van der Waals surface area contributed by atoms with Crippen LogP contribution in [-0.4, -0.2) is 19.1 Å². The number of hydrogen-bond acceptors (Lipinski definition) is 0. The number of quaternary nitrogens is 1. The van der Waals surface area contributed by atoms with Gasteiger partial charge < -0.3 is 4.90 Å². The molecule has 1 saturated heterocycles. The van der Waals surface area contributed by atoms with Gasteiger partial charge in [-0.1, -0.05) is 26.2 Å². The Kier molecular flexibility index (Phi) is 4.07. The molecule has 0 amide bonds. The molecule has 88 valence electrons. The largest absolute Gasteiger partial charge is 0.332 e. The van der Waals surface area contributed by atoms with Gasteiger partial charge in [0.05, 0.1) is 19.1 Å². The first kappa shape index (κ1) is 11.4. The lowest BCUT2D eigenvalue weighted by Gasteiger charge is -2.36. The van der Waals surface area contributed by atoms with Crippen molar-refractivity contribution in [3.05, 3.63) is 0 Å². The molecule has 0 aromatic heterocycles. The Hall–Kier alpha value is -0.0400. The van der Waals surface area contributed by atoms with E-state index in [1.54, 1.807) is 0 Å². The predicted octanol–water partition coefficient (Wildman–Crippen LogP) is 2.27. The van der Waals surface area contributed by atoms with Crippen molar-refractivity contribution in [1.29, 1.82) is 0 Å².